The van der Waals surface area contributed by atoms with Gasteiger partial charge >= 0.3 is 0 Å². The summed E-state index contributed by atoms with van der Waals surface area (Å²) < 4.78 is 2.12. The molecule has 1 N–H and O–H groups in total. The molecule has 0 saturated carbocycles. The Kier molecular flexibility index (Phi) is 4.56. The molecule has 3 rings (SSSR count). The van der Waals surface area contributed by atoms with Gasteiger partial charge in [-0.1, -0.05) is 25.1 Å². The first-order valence-electron chi connectivity index (χ1n) is 8.22. The second-order valence-corrected chi connectivity index (χ2v) is 5.93. The average Bonchev–Trinajstić information content (AvgIpc) is 2.71. The highest BCUT2D eigenvalue weighted by atomic mass is 15.3. The van der Waals surface area contributed by atoms with Crippen molar-refractivity contribution in [3.05, 3.63) is 30.0 Å². The van der Waals surface area contributed by atoms with Gasteiger partial charge < -0.3 is 5.32 Å². The monoisotopic (exact) mass is 286 g/mol. The summed E-state index contributed by atoms with van der Waals surface area (Å²) in [4.78, 5) is 2.56. The zero-order chi connectivity index (χ0) is 14.7. The smallest absolute Gasteiger partial charge is 0.0843 e. The lowest BCUT2D eigenvalue weighted by Crippen LogP contribution is -2.36. The number of fused-ring (bicyclic) bond motifs is 1. The van der Waals surface area contributed by atoms with Gasteiger partial charge in [-0.3, -0.25) is 9.58 Å². The minimum atomic E-state index is 0.618. The lowest BCUT2D eigenvalue weighted by Gasteiger charge is -2.22. The fourth-order valence-corrected chi connectivity index (χ4v) is 3.26. The molecule has 1 fully saturated rings. The van der Waals surface area contributed by atoms with E-state index < -0.39 is 0 Å². The highest BCUT2D eigenvalue weighted by Gasteiger charge is 2.18. The fraction of sp³-hybridized carbons (Fsp3) is 0.588. The maximum atomic E-state index is 4.84. The molecule has 1 atom stereocenters. The normalized spacial score (nSPS) is 20.8. The molecule has 1 saturated heterocycles. The maximum Gasteiger partial charge on any atom is 0.0843 e. The molecule has 2 heterocycles. The second-order valence-electron chi connectivity index (χ2n) is 5.93. The van der Waals surface area contributed by atoms with Crippen LogP contribution in [0.4, 0.5) is 0 Å². The van der Waals surface area contributed by atoms with Gasteiger partial charge in [0.1, 0.15) is 0 Å². The molecule has 1 unspecified atom stereocenters. The Hall–Kier alpha value is -1.39. The number of nitrogens with one attached hydrogen (secondary N) is 1. The molecule has 1 aromatic heterocycles. The van der Waals surface area contributed by atoms with Gasteiger partial charge in [0.2, 0.25) is 0 Å². The summed E-state index contributed by atoms with van der Waals surface area (Å²) in [5.41, 5.74) is 2.49. The Balaban J connectivity index is 1.83. The van der Waals surface area contributed by atoms with Crippen molar-refractivity contribution in [2.75, 3.05) is 19.6 Å². The van der Waals surface area contributed by atoms with E-state index in [-0.39, 0.29) is 0 Å². The van der Waals surface area contributed by atoms with E-state index in [1.54, 1.807) is 0 Å². The number of hydrogen-bond acceptors (Lipinski definition) is 3. The third-order valence-corrected chi connectivity index (χ3v) is 4.46. The second kappa shape index (κ2) is 6.58. The van der Waals surface area contributed by atoms with Crippen molar-refractivity contribution < 1.29 is 0 Å². The first-order valence-corrected chi connectivity index (χ1v) is 8.22. The highest BCUT2D eigenvalue weighted by Crippen LogP contribution is 2.20. The van der Waals surface area contributed by atoms with Crippen LogP contribution in [0, 0.1) is 0 Å². The Labute approximate surface area is 127 Å². The first-order chi connectivity index (χ1) is 10.3. The van der Waals surface area contributed by atoms with Crippen LogP contribution < -0.4 is 5.32 Å². The number of aromatic nitrogens is 2. The van der Waals surface area contributed by atoms with Crippen molar-refractivity contribution in [1.82, 2.24) is 20.0 Å². The summed E-state index contributed by atoms with van der Waals surface area (Å²) in [6.07, 6.45) is 2.42. The Morgan fingerprint density at radius 3 is 2.95 bits per heavy atom. The lowest BCUT2D eigenvalue weighted by molar-refractivity contribution is 0.254. The minimum absolute atomic E-state index is 0.618. The molecule has 1 aliphatic heterocycles. The Morgan fingerprint density at radius 1 is 1.29 bits per heavy atom. The van der Waals surface area contributed by atoms with E-state index in [1.165, 1.54) is 29.4 Å². The number of aryl methyl sites for hydroxylation is 1. The van der Waals surface area contributed by atoms with Crippen LogP contribution in [0.1, 0.15) is 32.4 Å². The van der Waals surface area contributed by atoms with Crippen molar-refractivity contribution in [1.29, 1.82) is 0 Å². The van der Waals surface area contributed by atoms with Crippen molar-refractivity contribution in [3.8, 4) is 0 Å². The van der Waals surface area contributed by atoms with Gasteiger partial charge in [0.15, 0.2) is 0 Å². The van der Waals surface area contributed by atoms with Crippen molar-refractivity contribution in [3.63, 3.8) is 0 Å². The van der Waals surface area contributed by atoms with Gasteiger partial charge in [0, 0.05) is 31.1 Å². The summed E-state index contributed by atoms with van der Waals surface area (Å²) in [7, 11) is 0. The van der Waals surface area contributed by atoms with E-state index >= 15 is 0 Å². The van der Waals surface area contributed by atoms with Crippen LogP contribution in [0.5, 0.6) is 0 Å². The molecule has 0 bridgehead atoms. The third-order valence-electron chi connectivity index (χ3n) is 4.46. The predicted molar refractivity (Wildman–Crippen MR) is 87.4 cm³/mol. The maximum absolute atomic E-state index is 4.84. The van der Waals surface area contributed by atoms with Gasteiger partial charge in [-0.25, -0.2) is 0 Å². The van der Waals surface area contributed by atoms with Crippen LogP contribution >= 0.6 is 0 Å². The molecular formula is C17H26N4. The molecule has 4 heteroatoms. The molecule has 0 amide bonds. The highest BCUT2D eigenvalue weighted by molar-refractivity contribution is 5.81. The number of rotatable bonds is 4. The molecule has 2 aromatic rings. The van der Waals surface area contributed by atoms with Gasteiger partial charge in [-0.15, -0.1) is 0 Å². The average molecular weight is 286 g/mol. The lowest BCUT2D eigenvalue weighted by atomic mass is 10.2. The molecular weight excluding hydrogens is 260 g/mol. The van der Waals surface area contributed by atoms with Gasteiger partial charge in [0.25, 0.3) is 0 Å². The van der Waals surface area contributed by atoms with Crippen molar-refractivity contribution in [2.24, 2.45) is 0 Å². The third kappa shape index (κ3) is 3.11. The molecule has 21 heavy (non-hydrogen) atoms. The first kappa shape index (κ1) is 14.5. The van der Waals surface area contributed by atoms with E-state index in [2.05, 4.69) is 53.0 Å². The standard InChI is InChI=1S/C17H26N4/c1-3-14-12-20(11-7-10-18-14)13-16-15-8-5-6-9-17(15)21(4-2)19-16/h5-6,8-9,14,18H,3-4,7,10-13H2,1-2H3. The van der Waals surface area contributed by atoms with E-state index in [0.29, 0.717) is 6.04 Å². The van der Waals surface area contributed by atoms with E-state index in [0.717, 1.165) is 32.7 Å². The summed E-state index contributed by atoms with van der Waals surface area (Å²) in [5, 5.41) is 9.78. The Bertz CT molecular complexity index is 589. The van der Waals surface area contributed by atoms with E-state index in [4.69, 9.17) is 5.10 Å². The molecule has 1 aromatic carbocycles. The fourth-order valence-electron chi connectivity index (χ4n) is 3.26. The van der Waals surface area contributed by atoms with Crippen LogP contribution in [0.2, 0.25) is 0 Å². The van der Waals surface area contributed by atoms with Crippen molar-refractivity contribution in [2.45, 2.75) is 45.8 Å². The van der Waals surface area contributed by atoms with Gasteiger partial charge in [-0.2, -0.15) is 5.10 Å². The molecule has 0 radical (unpaired) electrons. The topological polar surface area (TPSA) is 33.1 Å². The van der Waals surface area contributed by atoms with Crippen LogP contribution in [-0.4, -0.2) is 40.4 Å². The zero-order valence-corrected chi connectivity index (χ0v) is 13.2. The largest absolute Gasteiger partial charge is 0.313 e. The summed E-state index contributed by atoms with van der Waals surface area (Å²) in [6, 6.07) is 9.22. The van der Waals surface area contributed by atoms with Gasteiger partial charge in [-0.05, 0) is 38.9 Å². The molecule has 0 aliphatic carbocycles. The predicted octanol–water partition coefficient (Wildman–Crippen LogP) is 2.63. The van der Waals surface area contributed by atoms with Crippen molar-refractivity contribution >= 4 is 10.9 Å². The number of para-hydroxylation sites is 1. The SMILES string of the molecule is CCC1CN(Cc2nn(CC)c3ccccc23)CCCN1. The van der Waals surface area contributed by atoms with Gasteiger partial charge in [0.05, 0.1) is 11.2 Å². The quantitative estimate of drug-likeness (QED) is 0.938. The number of nitrogens with zero attached hydrogens (tertiary/aromatic N) is 3. The summed E-state index contributed by atoms with van der Waals surface area (Å²) in [6.45, 7) is 9.75. The van der Waals surface area contributed by atoms with E-state index in [1.807, 2.05) is 0 Å². The van der Waals surface area contributed by atoms with Crippen LogP contribution in [0.25, 0.3) is 10.9 Å². The molecule has 1 aliphatic rings. The van der Waals surface area contributed by atoms with E-state index in [9.17, 15) is 0 Å². The molecule has 0 spiro atoms. The summed E-state index contributed by atoms with van der Waals surface area (Å²) in [5.74, 6) is 0. The Morgan fingerprint density at radius 2 is 2.14 bits per heavy atom. The zero-order valence-electron chi connectivity index (χ0n) is 13.2. The summed E-state index contributed by atoms with van der Waals surface area (Å²) >= 11 is 0. The molecule has 114 valence electrons. The number of hydrogen-bond donors (Lipinski definition) is 1. The minimum Gasteiger partial charge on any atom is -0.313 e. The number of benzene rings is 1. The van der Waals surface area contributed by atoms with Crippen LogP contribution in [-0.2, 0) is 13.1 Å². The molecule has 4 nitrogen and oxygen atoms in total. The van der Waals surface area contributed by atoms with Crippen LogP contribution in [0.3, 0.4) is 0 Å². The van der Waals surface area contributed by atoms with Crippen LogP contribution in [0.15, 0.2) is 24.3 Å².